The quantitative estimate of drug-likeness (QED) is 0.743. The SMILES string of the molecule is CCCCNC(=O)C(C)Nn1c(C)ccc1C. The number of unbranched alkanes of at least 4 members (excludes halogenated alkanes) is 1. The zero-order valence-corrected chi connectivity index (χ0v) is 11.2. The van der Waals surface area contributed by atoms with E-state index in [4.69, 9.17) is 0 Å². The third-order valence-corrected chi connectivity index (χ3v) is 2.82. The number of carbonyl (C=O) groups is 1. The lowest BCUT2D eigenvalue weighted by atomic mass is 10.3. The van der Waals surface area contributed by atoms with Crippen LogP contribution >= 0.6 is 0 Å². The first-order valence-corrected chi connectivity index (χ1v) is 6.25. The molecule has 1 atom stereocenters. The number of nitrogens with zero attached hydrogens (tertiary/aromatic N) is 1. The molecule has 4 heteroatoms. The lowest BCUT2D eigenvalue weighted by Gasteiger charge is -2.19. The lowest BCUT2D eigenvalue weighted by Crippen LogP contribution is -2.41. The molecule has 1 rings (SSSR count). The molecule has 1 amide bonds. The fourth-order valence-corrected chi connectivity index (χ4v) is 1.67. The molecule has 0 bridgehead atoms. The van der Waals surface area contributed by atoms with Gasteiger partial charge in [0.25, 0.3) is 0 Å². The van der Waals surface area contributed by atoms with Gasteiger partial charge in [0.2, 0.25) is 5.91 Å². The zero-order valence-electron chi connectivity index (χ0n) is 11.2. The maximum Gasteiger partial charge on any atom is 0.243 e. The summed E-state index contributed by atoms with van der Waals surface area (Å²) < 4.78 is 1.95. The van der Waals surface area contributed by atoms with Crippen molar-refractivity contribution < 1.29 is 4.79 Å². The second-order valence-corrected chi connectivity index (χ2v) is 4.45. The van der Waals surface area contributed by atoms with Crippen LogP contribution in [0.2, 0.25) is 0 Å². The summed E-state index contributed by atoms with van der Waals surface area (Å²) >= 11 is 0. The van der Waals surface area contributed by atoms with Crippen LogP contribution in [0, 0.1) is 13.8 Å². The van der Waals surface area contributed by atoms with Crippen molar-refractivity contribution in [2.24, 2.45) is 0 Å². The molecule has 0 aliphatic carbocycles. The average molecular weight is 237 g/mol. The van der Waals surface area contributed by atoms with Gasteiger partial charge in [0.1, 0.15) is 6.04 Å². The summed E-state index contributed by atoms with van der Waals surface area (Å²) in [7, 11) is 0. The molecular formula is C13H23N3O. The summed E-state index contributed by atoms with van der Waals surface area (Å²) in [5, 5.41) is 2.92. The number of nitrogens with one attached hydrogen (secondary N) is 2. The Labute approximate surface area is 103 Å². The van der Waals surface area contributed by atoms with E-state index in [1.54, 1.807) is 0 Å². The smallest absolute Gasteiger partial charge is 0.243 e. The average Bonchev–Trinajstić information content (AvgIpc) is 2.61. The van der Waals surface area contributed by atoms with Crippen molar-refractivity contribution in [3.05, 3.63) is 23.5 Å². The first-order chi connectivity index (χ1) is 8.06. The first-order valence-electron chi connectivity index (χ1n) is 6.25. The highest BCUT2D eigenvalue weighted by molar-refractivity contribution is 5.82. The molecule has 0 fully saturated rings. The van der Waals surface area contributed by atoms with Crippen LogP contribution in [0.1, 0.15) is 38.1 Å². The monoisotopic (exact) mass is 237 g/mol. The van der Waals surface area contributed by atoms with E-state index in [0.29, 0.717) is 0 Å². The number of carbonyl (C=O) groups excluding carboxylic acids is 1. The minimum Gasteiger partial charge on any atom is -0.354 e. The van der Waals surface area contributed by atoms with Crippen molar-refractivity contribution in [1.82, 2.24) is 9.99 Å². The van der Waals surface area contributed by atoms with Crippen molar-refractivity contribution in [2.75, 3.05) is 12.0 Å². The minimum atomic E-state index is -0.225. The summed E-state index contributed by atoms with van der Waals surface area (Å²) in [5.74, 6) is 0.0472. The van der Waals surface area contributed by atoms with Crippen molar-refractivity contribution in [1.29, 1.82) is 0 Å². The lowest BCUT2D eigenvalue weighted by molar-refractivity contribution is -0.121. The van der Waals surface area contributed by atoms with Crippen molar-refractivity contribution in [2.45, 2.75) is 46.6 Å². The highest BCUT2D eigenvalue weighted by Crippen LogP contribution is 2.05. The number of aryl methyl sites for hydroxylation is 2. The molecule has 1 heterocycles. The highest BCUT2D eigenvalue weighted by Gasteiger charge is 2.13. The molecule has 96 valence electrons. The van der Waals surface area contributed by atoms with E-state index in [-0.39, 0.29) is 11.9 Å². The molecule has 4 nitrogen and oxygen atoms in total. The van der Waals surface area contributed by atoms with E-state index in [9.17, 15) is 4.79 Å². The maximum atomic E-state index is 11.8. The summed E-state index contributed by atoms with van der Waals surface area (Å²) in [6.07, 6.45) is 2.12. The molecular weight excluding hydrogens is 214 g/mol. The van der Waals surface area contributed by atoms with Crippen molar-refractivity contribution in [3.63, 3.8) is 0 Å². The summed E-state index contributed by atoms with van der Waals surface area (Å²) in [4.78, 5) is 11.8. The number of hydrogen-bond acceptors (Lipinski definition) is 2. The van der Waals surface area contributed by atoms with Gasteiger partial charge >= 0.3 is 0 Å². The van der Waals surface area contributed by atoms with Crippen LogP contribution in [0.25, 0.3) is 0 Å². The van der Waals surface area contributed by atoms with E-state index in [2.05, 4.69) is 17.7 Å². The molecule has 2 N–H and O–H groups in total. The molecule has 0 radical (unpaired) electrons. The van der Waals surface area contributed by atoms with Crippen molar-refractivity contribution in [3.8, 4) is 0 Å². The Hall–Kier alpha value is -1.45. The first kappa shape index (κ1) is 13.6. The second-order valence-electron chi connectivity index (χ2n) is 4.45. The molecule has 0 saturated carbocycles. The predicted molar refractivity (Wildman–Crippen MR) is 70.6 cm³/mol. The molecule has 0 saturated heterocycles. The number of hydrogen-bond donors (Lipinski definition) is 2. The highest BCUT2D eigenvalue weighted by atomic mass is 16.2. The Morgan fingerprint density at radius 2 is 1.94 bits per heavy atom. The van der Waals surface area contributed by atoms with Gasteiger partial charge in [-0.1, -0.05) is 13.3 Å². The van der Waals surface area contributed by atoms with Crippen LogP contribution < -0.4 is 10.7 Å². The van der Waals surface area contributed by atoms with Gasteiger partial charge in [-0.3, -0.25) is 9.47 Å². The summed E-state index contributed by atoms with van der Waals surface area (Å²) in [6.45, 7) is 8.77. The Kier molecular flexibility index (Phi) is 5.07. The molecule has 0 aliphatic heterocycles. The standard InChI is InChI=1S/C13H23N3O/c1-5-6-9-14-13(17)12(4)15-16-10(2)7-8-11(16)3/h7-8,12,15H,5-6,9H2,1-4H3,(H,14,17). The normalized spacial score (nSPS) is 12.2. The Balaban J connectivity index is 2.48. The third-order valence-electron chi connectivity index (χ3n) is 2.82. The predicted octanol–water partition coefficient (Wildman–Crippen LogP) is 1.95. The van der Waals surface area contributed by atoms with Gasteiger partial charge in [-0.15, -0.1) is 0 Å². The van der Waals surface area contributed by atoms with Crippen LogP contribution in [0.15, 0.2) is 12.1 Å². The van der Waals surface area contributed by atoms with Gasteiger partial charge < -0.3 is 10.7 Å². The molecule has 1 unspecified atom stereocenters. The number of rotatable bonds is 6. The Morgan fingerprint density at radius 1 is 1.35 bits per heavy atom. The van der Waals surface area contributed by atoms with E-state index in [1.165, 1.54) is 0 Å². The summed E-state index contributed by atoms with van der Waals surface area (Å²) in [6, 6.07) is 3.84. The van der Waals surface area contributed by atoms with E-state index >= 15 is 0 Å². The van der Waals surface area contributed by atoms with Crippen LogP contribution in [0.5, 0.6) is 0 Å². The van der Waals surface area contributed by atoms with Gasteiger partial charge in [0.05, 0.1) is 0 Å². The minimum absolute atomic E-state index is 0.0472. The van der Waals surface area contributed by atoms with E-state index < -0.39 is 0 Å². The van der Waals surface area contributed by atoms with E-state index in [1.807, 2.05) is 37.6 Å². The molecule has 0 spiro atoms. The van der Waals surface area contributed by atoms with Crippen LogP contribution in [-0.4, -0.2) is 23.2 Å². The van der Waals surface area contributed by atoms with Gasteiger partial charge in [-0.05, 0) is 39.3 Å². The van der Waals surface area contributed by atoms with Crippen molar-refractivity contribution >= 4 is 5.91 Å². The largest absolute Gasteiger partial charge is 0.354 e. The fraction of sp³-hybridized carbons (Fsp3) is 0.615. The Morgan fingerprint density at radius 3 is 2.47 bits per heavy atom. The van der Waals surface area contributed by atoms with Gasteiger partial charge in [-0.2, -0.15) is 0 Å². The van der Waals surface area contributed by atoms with Crippen LogP contribution in [0.4, 0.5) is 0 Å². The van der Waals surface area contributed by atoms with Crippen LogP contribution in [-0.2, 0) is 4.79 Å². The van der Waals surface area contributed by atoms with Gasteiger partial charge in [0, 0.05) is 17.9 Å². The molecule has 0 aliphatic rings. The number of aromatic nitrogens is 1. The fourth-order valence-electron chi connectivity index (χ4n) is 1.67. The molecule has 17 heavy (non-hydrogen) atoms. The molecule has 1 aromatic rings. The zero-order chi connectivity index (χ0) is 12.8. The second kappa shape index (κ2) is 6.33. The van der Waals surface area contributed by atoms with Gasteiger partial charge in [-0.25, -0.2) is 0 Å². The van der Waals surface area contributed by atoms with Gasteiger partial charge in [0.15, 0.2) is 0 Å². The maximum absolute atomic E-state index is 11.8. The molecule has 1 aromatic heterocycles. The van der Waals surface area contributed by atoms with Crippen LogP contribution in [0.3, 0.4) is 0 Å². The Bertz CT molecular complexity index is 351. The topological polar surface area (TPSA) is 46.1 Å². The molecule has 0 aromatic carbocycles. The summed E-state index contributed by atoms with van der Waals surface area (Å²) in [5.41, 5.74) is 5.40. The van der Waals surface area contributed by atoms with E-state index in [0.717, 1.165) is 30.8 Å². The number of amides is 1. The third kappa shape index (κ3) is 3.80.